The molecule has 1 atom stereocenters. The van der Waals surface area contributed by atoms with E-state index in [9.17, 15) is 0 Å². The maximum absolute atomic E-state index is 9.08. The molecule has 0 saturated heterocycles. The highest BCUT2D eigenvalue weighted by molar-refractivity contribution is 6.31. The van der Waals surface area contributed by atoms with Crippen LogP contribution in [0.2, 0.25) is 5.02 Å². The Labute approximate surface area is 87.2 Å². The van der Waals surface area contributed by atoms with Gasteiger partial charge in [-0.3, -0.25) is 0 Å². The van der Waals surface area contributed by atoms with E-state index in [0.29, 0.717) is 10.6 Å². The van der Waals surface area contributed by atoms with Gasteiger partial charge in [0.25, 0.3) is 0 Å². The van der Waals surface area contributed by atoms with E-state index in [2.05, 4.69) is 4.99 Å². The number of benzene rings is 1. The number of nitrogens with zero attached hydrogens (tertiary/aromatic N) is 1. The van der Waals surface area contributed by atoms with Crippen LogP contribution in [-0.4, -0.2) is 17.7 Å². The molecule has 0 aliphatic heterocycles. The fourth-order valence-electron chi connectivity index (χ4n) is 1.13. The lowest BCUT2D eigenvalue weighted by atomic mass is 10.1. The van der Waals surface area contributed by atoms with Gasteiger partial charge in [-0.1, -0.05) is 29.8 Å². The molecule has 0 aliphatic carbocycles. The van der Waals surface area contributed by atoms with Crippen LogP contribution in [0, 0.1) is 0 Å². The van der Waals surface area contributed by atoms with Crippen molar-refractivity contribution >= 4 is 17.6 Å². The van der Waals surface area contributed by atoms with Crippen LogP contribution in [0.25, 0.3) is 0 Å². The number of hydrogen-bond donors (Lipinski definition) is 3. The Morgan fingerprint density at radius 1 is 1.43 bits per heavy atom. The largest absolute Gasteiger partial charge is 0.394 e. The fraction of sp³-hybridized carbons (Fsp3) is 0.222. The molecule has 5 heteroatoms. The van der Waals surface area contributed by atoms with E-state index in [1.807, 2.05) is 6.07 Å². The van der Waals surface area contributed by atoms with Crippen LogP contribution in [0.15, 0.2) is 29.3 Å². The van der Waals surface area contributed by atoms with Gasteiger partial charge < -0.3 is 16.6 Å². The van der Waals surface area contributed by atoms with Crippen molar-refractivity contribution in [3.8, 4) is 0 Å². The second-order valence-corrected chi connectivity index (χ2v) is 3.18. The van der Waals surface area contributed by atoms with Crippen LogP contribution in [0.3, 0.4) is 0 Å². The molecular formula is C9H12ClN3O. The average molecular weight is 214 g/mol. The van der Waals surface area contributed by atoms with Crippen molar-refractivity contribution in [1.29, 1.82) is 0 Å². The molecule has 0 fully saturated rings. The molecule has 0 aromatic heterocycles. The molecule has 0 radical (unpaired) electrons. The molecule has 0 bridgehead atoms. The maximum atomic E-state index is 9.08. The van der Waals surface area contributed by atoms with Crippen LogP contribution in [0.4, 0.5) is 0 Å². The smallest absolute Gasteiger partial charge is 0.186 e. The Kier molecular flexibility index (Phi) is 3.73. The van der Waals surface area contributed by atoms with Gasteiger partial charge in [0, 0.05) is 5.02 Å². The number of nitrogens with two attached hydrogens (primary N) is 2. The van der Waals surface area contributed by atoms with Gasteiger partial charge in [0.05, 0.1) is 6.61 Å². The predicted octanol–water partition coefficient (Wildman–Crippen LogP) is 0.647. The summed E-state index contributed by atoms with van der Waals surface area (Å²) in [6.45, 7) is -0.179. The average Bonchev–Trinajstić information content (AvgIpc) is 2.15. The summed E-state index contributed by atoms with van der Waals surface area (Å²) in [5.74, 6) is -0.0658. The highest BCUT2D eigenvalue weighted by Gasteiger charge is 2.11. The first kappa shape index (κ1) is 10.8. The van der Waals surface area contributed by atoms with Crippen molar-refractivity contribution in [3.63, 3.8) is 0 Å². The predicted molar refractivity (Wildman–Crippen MR) is 57.1 cm³/mol. The van der Waals surface area contributed by atoms with Gasteiger partial charge in [-0.2, -0.15) is 0 Å². The van der Waals surface area contributed by atoms with Crippen molar-refractivity contribution in [2.24, 2.45) is 16.5 Å². The summed E-state index contributed by atoms with van der Waals surface area (Å²) >= 11 is 5.92. The Hall–Kier alpha value is -1.26. The molecule has 14 heavy (non-hydrogen) atoms. The lowest BCUT2D eigenvalue weighted by Crippen LogP contribution is -2.24. The standard InChI is InChI=1S/C9H12ClN3O/c10-7-4-2-1-3-6(7)8(5-14)13-9(11)12/h1-4,8,14H,5H2,(H4,11,12,13)/t8-/m0/s1. The van der Waals surface area contributed by atoms with E-state index < -0.39 is 6.04 Å². The summed E-state index contributed by atoms with van der Waals surface area (Å²) in [6, 6.07) is 6.62. The minimum Gasteiger partial charge on any atom is -0.394 e. The molecule has 76 valence electrons. The normalized spacial score (nSPS) is 12.1. The zero-order chi connectivity index (χ0) is 10.6. The van der Waals surface area contributed by atoms with Crippen LogP contribution in [-0.2, 0) is 0 Å². The summed E-state index contributed by atoms with van der Waals surface area (Å²) in [5.41, 5.74) is 11.2. The maximum Gasteiger partial charge on any atom is 0.186 e. The number of aliphatic hydroxyl groups is 1. The molecule has 0 heterocycles. The van der Waals surface area contributed by atoms with Crippen LogP contribution in [0.1, 0.15) is 11.6 Å². The SMILES string of the molecule is NC(N)=N[C@@H](CO)c1ccccc1Cl. The minimum atomic E-state index is -0.492. The number of hydrogen-bond acceptors (Lipinski definition) is 2. The number of guanidine groups is 1. The van der Waals surface area contributed by atoms with E-state index in [1.54, 1.807) is 18.2 Å². The second-order valence-electron chi connectivity index (χ2n) is 2.77. The molecule has 1 aromatic rings. The third-order valence-corrected chi connectivity index (χ3v) is 2.09. The lowest BCUT2D eigenvalue weighted by molar-refractivity contribution is 0.269. The van der Waals surface area contributed by atoms with E-state index >= 15 is 0 Å². The molecule has 0 amide bonds. The first-order valence-electron chi connectivity index (χ1n) is 4.09. The number of aliphatic hydroxyl groups excluding tert-OH is 1. The number of rotatable bonds is 3. The van der Waals surface area contributed by atoms with Crippen LogP contribution >= 0.6 is 11.6 Å². The molecular weight excluding hydrogens is 202 g/mol. The van der Waals surface area contributed by atoms with Gasteiger partial charge in [0.1, 0.15) is 6.04 Å². The van der Waals surface area contributed by atoms with Crippen LogP contribution in [0.5, 0.6) is 0 Å². The van der Waals surface area contributed by atoms with E-state index in [1.165, 1.54) is 0 Å². The first-order valence-corrected chi connectivity index (χ1v) is 4.47. The Morgan fingerprint density at radius 3 is 2.57 bits per heavy atom. The highest BCUT2D eigenvalue weighted by atomic mass is 35.5. The van der Waals surface area contributed by atoms with Gasteiger partial charge >= 0.3 is 0 Å². The molecule has 0 aliphatic rings. The Balaban J connectivity index is 3.01. The van der Waals surface area contributed by atoms with Crippen molar-refractivity contribution in [1.82, 2.24) is 0 Å². The van der Waals surface area contributed by atoms with Gasteiger partial charge in [-0.05, 0) is 11.6 Å². The zero-order valence-corrected chi connectivity index (χ0v) is 8.28. The topological polar surface area (TPSA) is 84.6 Å². The molecule has 0 unspecified atom stereocenters. The molecule has 0 spiro atoms. The first-order chi connectivity index (χ1) is 6.65. The quantitative estimate of drug-likeness (QED) is 0.509. The molecule has 5 N–H and O–H groups in total. The zero-order valence-electron chi connectivity index (χ0n) is 7.52. The van der Waals surface area contributed by atoms with Crippen molar-refractivity contribution in [2.75, 3.05) is 6.61 Å². The van der Waals surface area contributed by atoms with E-state index in [4.69, 9.17) is 28.2 Å². The Bertz CT molecular complexity index is 337. The van der Waals surface area contributed by atoms with Crippen molar-refractivity contribution < 1.29 is 5.11 Å². The number of halogens is 1. The summed E-state index contributed by atoms with van der Waals surface area (Å²) in [6.07, 6.45) is 0. The molecule has 0 saturated carbocycles. The van der Waals surface area contributed by atoms with E-state index in [-0.39, 0.29) is 12.6 Å². The van der Waals surface area contributed by atoms with Gasteiger partial charge in [0.15, 0.2) is 5.96 Å². The molecule has 4 nitrogen and oxygen atoms in total. The summed E-state index contributed by atoms with van der Waals surface area (Å²) in [5, 5.41) is 9.61. The third-order valence-electron chi connectivity index (χ3n) is 1.74. The summed E-state index contributed by atoms with van der Waals surface area (Å²) in [7, 11) is 0. The summed E-state index contributed by atoms with van der Waals surface area (Å²) < 4.78 is 0. The minimum absolute atomic E-state index is 0.0658. The number of aliphatic imine (C=N–C) groups is 1. The Morgan fingerprint density at radius 2 is 2.07 bits per heavy atom. The van der Waals surface area contributed by atoms with Gasteiger partial charge in [0.2, 0.25) is 0 Å². The van der Waals surface area contributed by atoms with Crippen molar-refractivity contribution in [2.45, 2.75) is 6.04 Å². The van der Waals surface area contributed by atoms with Crippen LogP contribution < -0.4 is 11.5 Å². The summed E-state index contributed by atoms with van der Waals surface area (Å²) in [4.78, 5) is 3.86. The highest BCUT2D eigenvalue weighted by Crippen LogP contribution is 2.24. The lowest BCUT2D eigenvalue weighted by Gasteiger charge is -2.11. The van der Waals surface area contributed by atoms with Gasteiger partial charge in [-0.25, -0.2) is 4.99 Å². The fourth-order valence-corrected chi connectivity index (χ4v) is 1.40. The van der Waals surface area contributed by atoms with Gasteiger partial charge in [-0.15, -0.1) is 0 Å². The monoisotopic (exact) mass is 213 g/mol. The molecule has 1 rings (SSSR count). The van der Waals surface area contributed by atoms with E-state index in [0.717, 1.165) is 0 Å². The second kappa shape index (κ2) is 4.83. The third kappa shape index (κ3) is 2.61. The molecule has 1 aromatic carbocycles. The van der Waals surface area contributed by atoms with Crippen molar-refractivity contribution in [3.05, 3.63) is 34.9 Å².